The van der Waals surface area contributed by atoms with Crippen molar-refractivity contribution in [3.8, 4) is 0 Å². The van der Waals surface area contributed by atoms with Gasteiger partial charge in [-0.15, -0.1) is 6.58 Å². The zero-order valence-electron chi connectivity index (χ0n) is 8.34. The molecular formula is C11H21N. The van der Waals surface area contributed by atoms with Crippen LogP contribution in [0.25, 0.3) is 0 Å². The molecule has 0 heterocycles. The molecule has 0 aromatic heterocycles. The summed E-state index contributed by atoms with van der Waals surface area (Å²) in [5.74, 6) is 1.75. The summed E-state index contributed by atoms with van der Waals surface area (Å²) < 4.78 is 0. The fourth-order valence-corrected chi connectivity index (χ4v) is 2.35. The highest BCUT2D eigenvalue weighted by Crippen LogP contribution is 2.30. The van der Waals surface area contributed by atoms with E-state index in [9.17, 15) is 0 Å². The first-order valence-corrected chi connectivity index (χ1v) is 5.07. The number of hydrogen-bond donors (Lipinski definition) is 1. The van der Waals surface area contributed by atoms with E-state index in [1.54, 1.807) is 0 Å². The molecule has 0 amide bonds. The Morgan fingerprint density at radius 3 is 2.75 bits per heavy atom. The second-order valence-corrected chi connectivity index (χ2v) is 4.08. The fraction of sp³-hybridized carbons (Fsp3) is 0.818. The molecule has 1 heteroatoms. The summed E-state index contributed by atoms with van der Waals surface area (Å²) in [5, 5.41) is 3.32. The number of nitrogens with one attached hydrogen (secondary N) is 1. The highest BCUT2D eigenvalue weighted by molar-refractivity contribution is 4.92. The second kappa shape index (κ2) is 4.66. The predicted molar refractivity (Wildman–Crippen MR) is 54.2 cm³/mol. The zero-order valence-corrected chi connectivity index (χ0v) is 8.34. The van der Waals surface area contributed by atoms with Crippen molar-refractivity contribution >= 4 is 0 Å². The first kappa shape index (κ1) is 9.79. The van der Waals surface area contributed by atoms with Crippen molar-refractivity contribution < 1.29 is 0 Å². The van der Waals surface area contributed by atoms with Gasteiger partial charge in [0.25, 0.3) is 0 Å². The van der Waals surface area contributed by atoms with Crippen molar-refractivity contribution in [2.24, 2.45) is 11.8 Å². The molecule has 0 aromatic carbocycles. The third kappa shape index (κ3) is 2.34. The zero-order chi connectivity index (χ0) is 8.97. The van der Waals surface area contributed by atoms with Crippen LogP contribution in [0.1, 0.15) is 32.6 Å². The monoisotopic (exact) mass is 167 g/mol. The Morgan fingerprint density at radius 2 is 2.25 bits per heavy atom. The molecule has 0 aromatic rings. The lowest BCUT2D eigenvalue weighted by molar-refractivity contribution is 0.250. The van der Waals surface area contributed by atoms with Crippen LogP contribution in [-0.2, 0) is 0 Å². The van der Waals surface area contributed by atoms with Gasteiger partial charge in [-0.2, -0.15) is 0 Å². The molecule has 1 rings (SSSR count). The summed E-state index contributed by atoms with van der Waals surface area (Å²) in [7, 11) is 2.03. The van der Waals surface area contributed by atoms with E-state index in [1.807, 2.05) is 7.05 Å². The van der Waals surface area contributed by atoms with Gasteiger partial charge in [0.1, 0.15) is 0 Å². The van der Waals surface area contributed by atoms with Crippen LogP contribution in [0.2, 0.25) is 0 Å². The average Bonchev–Trinajstić information content (AvgIpc) is 2.07. The van der Waals surface area contributed by atoms with E-state index in [-0.39, 0.29) is 0 Å². The smallest absolute Gasteiger partial charge is 0.0273 e. The lowest BCUT2D eigenvalue weighted by atomic mass is 9.78. The first-order valence-electron chi connectivity index (χ1n) is 5.07. The predicted octanol–water partition coefficient (Wildman–Crippen LogP) is 2.59. The average molecular weight is 167 g/mol. The summed E-state index contributed by atoms with van der Waals surface area (Å²) in [6.07, 6.45) is 7.63. The highest BCUT2D eigenvalue weighted by Gasteiger charge is 2.23. The van der Waals surface area contributed by atoms with Gasteiger partial charge in [-0.1, -0.05) is 25.8 Å². The van der Waals surface area contributed by atoms with Gasteiger partial charge in [0.15, 0.2) is 0 Å². The van der Waals surface area contributed by atoms with E-state index >= 15 is 0 Å². The van der Waals surface area contributed by atoms with Gasteiger partial charge in [-0.25, -0.2) is 0 Å². The van der Waals surface area contributed by atoms with Gasteiger partial charge in [-0.3, -0.25) is 0 Å². The highest BCUT2D eigenvalue weighted by atomic mass is 14.9. The maximum absolute atomic E-state index is 3.87. The molecule has 1 saturated carbocycles. The maximum atomic E-state index is 3.87. The van der Waals surface area contributed by atoms with Crippen LogP contribution < -0.4 is 5.32 Å². The molecule has 1 aliphatic carbocycles. The summed E-state index contributed by atoms with van der Waals surface area (Å²) >= 11 is 0. The van der Waals surface area contributed by atoms with Gasteiger partial charge >= 0.3 is 0 Å². The lowest BCUT2D eigenvalue weighted by Gasteiger charge is -2.31. The molecule has 0 bridgehead atoms. The minimum Gasteiger partial charge on any atom is -0.313 e. The Labute approximate surface area is 76.2 Å². The van der Waals surface area contributed by atoms with Crippen LogP contribution in [0, 0.1) is 11.8 Å². The second-order valence-electron chi connectivity index (χ2n) is 4.08. The largest absolute Gasteiger partial charge is 0.313 e. The third-order valence-corrected chi connectivity index (χ3v) is 3.07. The van der Waals surface area contributed by atoms with Gasteiger partial charge < -0.3 is 5.32 Å². The van der Waals surface area contributed by atoms with E-state index in [1.165, 1.54) is 25.7 Å². The van der Waals surface area contributed by atoms with Crippen molar-refractivity contribution in [2.45, 2.75) is 38.6 Å². The Hall–Kier alpha value is -0.300. The Bertz CT molecular complexity index is 142. The van der Waals surface area contributed by atoms with E-state index in [0.29, 0.717) is 6.04 Å². The number of rotatable bonds is 3. The maximum Gasteiger partial charge on any atom is 0.0273 e. The Balaban J connectivity index is 2.43. The molecule has 0 radical (unpaired) electrons. The standard InChI is InChI=1S/C11H21N/c1-4-11(12-3)10-7-5-6-9(2)8-10/h4,9-12H,1,5-8H2,2-3H3. The molecule has 1 aliphatic rings. The molecule has 0 saturated heterocycles. The molecule has 70 valence electrons. The van der Waals surface area contributed by atoms with Crippen LogP contribution in [0.3, 0.4) is 0 Å². The summed E-state index contributed by atoms with van der Waals surface area (Å²) in [4.78, 5) is 0. The van der Waals surface area contributed by atoms with Crippen LogP contribution in [-0.4, -0.2) is 13.1 Å². The van der Waals surface area contributed by atoms with E-state index in [2.05, 4.69) is 24.9 Å². The number of likely N-dealkylation sites (N-methyl/N-ethyl adjacent to an activating group) is 1. The number of hydrogen-bond acceptors (Lipinski definition) is 1. The van der Waals surface area contributed by atoms with Gasteiger partial charge in [0.05, 0.1) is 0 Å². The van der Waals surface area contributed by atoms with Crippen LogP contribution in [0.15, 0.2) is 12.7 Å². The first-order chi connectivity index (χ1) is 5.77. The van der Waals surface area contributed by atoms with Gasteiger partial charge in [0, 0.05) is 6.04 Å². The molecule has 1 nitrogen and oxygen atoms in total. The Morgan fingerprint density at radius 1 is 1.50 bits per heavy atom. The van der Waals surface area contributed by atoms with Crippen molar-refractivity contribution in [1.82, 2.24) is 5.32 Å². The van der Waals surface area contributed by atoms with Crippen molar-refractivity contribution in [3.63, 3.8) is 0 Å². The SMILES string of the molecule is C=CC(NC)C1CCCC(C)C1. The van der Waals surface area contributed by atoms with Crippen LogP contribution >= 0.6 is 0 Å². The molecule has 0 aliphatic heterocycles. The molecule has 1 N–H and O–H groups in total. The normalized spacial score (nSPS) is 32.8. The molecule has 12 heavy (non-hydrogen) atoms. The molecule has 1 fully saturated rings. The molecule has 0 spiro atoms. The van der Waals surface area contributed by atoms with Crippen molar-refractivity contribution in [2.75, 3.05) is 7.05 Å². The lowest BCUT2D eigenvalue weighted by Crippen LogP contribution is -2.34. The van der Waals surface area contributed by atoms with E-state index in [0.717, 1.165) is 11.8 Å². The summed E-state index contributed by atoms with van der Waals surface area (Å²) in [6, 6.07) is 0.535. The molecular weight excluding hydrogens is 146 g/mol. The van der Waals surface area contributed by atoms with Gasteiger partial charge in [-0.05, 0) is 31.7 Å². The van der Waals surface area contributed by atoms with Gasteiger partial charge in [0.2, 0.25) is 0 Å². The van der Waals surface area contributed by atoms with Crippen LogP contribution in [0.4, 0.5) is 0 Å². The van der Waals surface area contributed by atoms with Crippen LogP contribution in [0.5, 0.6) is 0 Å². The minimum atomic E-state index is 0.535. The van der Waals surface area contributed by atoms with E-state index in [4.69, 9.17) is 0 Å². The fourth-order valence-electron chi connectivity index (χ4n) is 2.35. The Kier molecular flexibility index (Phi) is 3.80. The quantitative estimate of drug-likeness (QED) is 0.637. The van der Waals surface area contributed by atoms with Crippen molar-refractivity contribution in [1.29, 1.82) is 0 Å². The molecule has 3 unspecified atom stereocenters. The summed E-state index contributed by atoms with van der Waals surface area (Å²) in [6.45, 7) is 6.23. The molecule has 3 atom stereocenters. The van der Waals surface area contributed by atoms with E-state index < -0.39 is 0 Å². The third-order valence-electron chi connectivity index (χ3n) is 3.07. The minimum absolute atomic E-state index is 0.535. The topological polar surface area (TPSA) is 12.0 Å². The van der Waals surface area contributed by atoms with Crippen molar-refractivity contribution in [3.05, 3.63) is 12.7 Å². The summed E-state index contributed by atoms with van der Waals surface area (Å²) in [5.41, 5.74) is 0.